The molecule has 0 N–H and O–H groups in total. The minimum absolute atomic E-state index is 0.0759. The van der Waals surface area contributed by atoms with Crippen LogP contribution in [0.5, 0.6) is 0 Å². The van der Waals surface area contributed by atoms with Gasteiger partial charge in [0, 0.05) is 37.1 Å². The van der Waals surface area contributed by atoms with E-state index in [1.54, 1.807) is 23.5 Å². The third-order valence-corrected chi connectivity index (χ3v) is 5.36. The first-order valence-electron chi connectivity index (χ1n) is 8.09. The zero-order chi connectivity index (χ0) is 17.1. The summed E-state index contributed by atoms with van der Waals surface area (Å²) in [5.74, 6) is 0.555. The molecule has 1 fully saturated rings. The monoisotopic (exact) mass is 344 g/mol. The van der Waals surface area contributed by atoms with Gasteiger partial charge in [0.15, 0.2) is 0 Å². The summed E-state index contributed by atoms with van der Waals surface area (Å²) in [4.78, 5) is 24.9. The number of hydrogen-bond donors (Lipinski definition) is 0. The molecule has 0 spiro atoms. The Balaban J connectivity index is 1.59. The van der Waals surface area contributed by atoms with Crippen LogP contribution in [0.2, 0.25) is 0 Å². The SMILES string of the molecule is C[C@@H]1C[C@H](c2ccsc2)CN1C(=O)CCc1cccc([N+](=O)[O-])c1. The van der Waals surface area contributed by atoms with Crippen molar-refractivity contribution in [3.8, 4) is 0 Å². The molecule has 2 aromatic rings. The molecule has 1 amide bonds. The average molecular weight is 344 g/mol. The number of non-ortho nitro benzene ring substituents is 1. The zero-order valence-electron chi connectivity index (χ0n) is 13.6. The summed E-state index contributed by atoms with van der Waals surface area (Å²) < 4.78 is 0. The van der Waals surface area contributed by atoms with Gasteiger partial charge in [0.1, 0.15) is 0 Å². The quantitative estimate of drug-likeness (QED) is 0.608. The van der Waals surface area contributed by atoms with Crippen LogP contribution in [0.15, 0.2) is 41.1 Å². The minimum atomic E-state index is -0.403. The molecule has 1 aromatic carbocycles. The molecule has 0 bridgehead atoms. The van der Waals surface area contributed by atoms with E-state index in [2.05, 4.69) is 23.8 Å². The van der Waals surface area contributed by atoms with Gasteiger partial charge in [-0.2, -0.15) is 11.3 Å². The topological polar surface area (TPSA) is 63.5 Å². The van der Waals surface area contributed by atoms with Gasteiger partial charge in [-0.15, -0.1) is 0 Å². The standard InChI is InChI=1S/C18H20N2O3S/c1-13-9-16(15-7-8-24-12-15)11-19(13)18(21)6-5-14-3-2-4-17(10-14)20(22)23/h2-4,7-8,10,12-13,16H,5-6,9,11H2,1H3/t13-,16+/m1/s1. The molecule has 5 nitrogen and oxygen atoms in total. The summed E-state index contributed by atoms with van der Waals surface area (Å²) in [7, 11) is 0. The minimum Gasteiger partial charge on any atom is -0.339 e. The zero-order valence-corrected chi connectivity index (χ0v) is 14.4. The normalized spacial score (nSPS) is 20.3. The van der Waals surface area contributed by atoms with Crippen molar-refractivity contribution in [3.05, 3.63) is 62.3 Å². The van der Waals surface area contributed by atoms with E-state index in [0.29, 0.717) is 18.8 Å². The van der Waals surface area contributed by atoms with Gasteiger partial charge in [-0.25, -0.2) is 0 Å². The van der Waals surface area contributed by atoms with Crippen LogP contribution >= 0.6 is 11.3 Å². The van der Waals surface area contributed by atoms with E-state index < -0.39 is 4.92 Å². The molecule has 0 aliphatic carbocycles. The molecule has 1 aromatic heterocycles. The number of hydrogen-bond acceptors (Lipinski definition) is 4. The predicted molar refractivity (Wildman–Crippen MR) is 94.3 cm³/mol. The highest BCUT2D eigenvalue weighted by Crippen LogP contribution is 2.33. The fraction of sp³-hybridized carbons (Fsp3) is 0.389. The molecular weight excluding hydrogens is 324 g/mol. The lowest BCUT2D eigenvalue weighted by Crippen LogP contribution is -2.34. The lowest BCUT2D eigenvalue weighted by Gasteiger charge is -2.21. The van der Waals surface area contributed by atoms with E-state index >= 15 is 0 Å². The van der Waals surface area contributed by atoms with Crippen molar-refractivity contribution in [2.24, 2.45) is 0 Å². The van der Waals surface area contributed by atoms with Crippen LogP contribution in [0.3, 0.4) is 0 Å². The molecule has 0 saturated carbocycles. The molecule has 1 aliphatic rings. The van der Waals surface area contributed by atoms with Crippen LogP contribution in [0, 0.1) is 10.1 Å². The summed E-state index contributed by atoms with van der Waals surface area (Å²) >= 11 is 1.69. The molecule has 1 aliphatic heterocycles. The van der Waals surface area contributed by atoms with E-state index in [1.165, 1.54) is 11.6 Å². The van der Waals surface area contributed by atoms with Gasteiger partial charge in [0.05, 0.1) is 4.92 Å². The van der Waals surface area contributed by atoms with Crippen LogP contribution in [-0.2, 0) is 11.2 Å². The van der Waals surface area contributed by atoms with Crippen molar-refractivity contribution >= 4 is 22.9 Å². The van der Waals surface area contributed by atoms with Crippen LogP contribution in [0.1, 0.15) is 36.8 Å². The molecule has 2 atom stereocenters. The van der Waals surface area contributed by atoms with Crippen LogP contribution in [-0.4, -0.2) is 28.3 Å². The van der Waals surface area contributed by atoms with Crippen LogP contribution in [0.25, 0.3) is 0 Å². The largest absolute Gasteiger partial charge is 0.339 e. The summed E-state index contributed by atoms with van der Waals surface area (Å²) in [5, 5.41) is 15.1. The van der Waals surface area contributed by atoms with E-state index in [1.807, 2.05) is 11.0 Å². The molecule has 0 unspecified atom stereocenters. The lowest BCUT2D eigenvalue weighted by molar-refractivity contribution is -0.384. The summed E-state index contributed by atoms with van der Waals surface area (Å²) in [6, 6.07) is 8.91. The maximum atomic E-state index is 12.6. The Labute approximate surface area is 145 Å². The number of thiophene rings is 1. The van der Waals surface area contributed by atoms with Crippen molar-refractivity contribution in [1.82, 2.24) is 4.90 Å². The first-order chi connectivity index (χ1) is 11.5. The number of nitro benzene ring substituents is 1. The molecule has 1 saturated heterocycles. The molecule has 2 heterocycles. The van der Waals surface area contributed by atoms with Crippen molar-refractivity contribution in [2.45, 2.75) is 38.1 Å². The number of likely N-dealkylation sites (tertiary alicyclic amines) is 1. The number of carbonyl (C=O) groups is 1. The van der Waals surface area contributed by atoms with Gasteiger partial charge in [-0.05, 0) is 47.7 Å². The molecule has 6 heteroatoms. The van der Waals surface area contributed by atoms with E-state index in [-0.39, 0.29) is 17.6 Å². The fourth-order valence-corrected chi connectivity index (χ4v) is 4.09. The number of amides is 1. The average Bonchev–Trinajstić information content (AvgIpc) is 3.22. The highest BCUT2D eigenvalue weighted by molar-refractivity contribution is 7.07. The second kappa shape index (κ2) is 7.13. The van der Waals surface area contributed by atoms with E-state index in [4.69, 9.17) is 0 Å². The van der Waals surface area contributed by atoms with Gasteiger partial charge in [0.25, 0.3) is 5.69 Å². The second-order valence-corrected chi connectivity index (χ2v) is 7.09. The van der Waals surface area contributed by atoms with Gasteiger partial charge in [-0.3, -0.25) is 14.9 Å². The highest BCUT2D eigenvalue weighted by Gasteiger charge is 2.32. The predicted octanol–water partition coefficient (Wildman–Crippen LogP) is 3.99. The summed E-state index contributed by atoms with van der Waals surface area (Å²) in [6.07, 6.45) is 1.92. The van der Waals surface area contributed by atoms with Crippen LogP contribution < -0.4 is 0 Å². The Hall–Kier alpha value is -2.21. The number of carbonyl (C=O) groups excluding carboxylic acids is 1. The maximum Gasteiger partial charge on any atom is 0.269 e. The van der Waals surface area contributed by atoms with E-state index in [9.17, 15) is 14.9 Å². The smallest absolute Gasteiger partial charge is 0.269 e. The van der Waals surface area contributed by atoms with Crippen molar-refractivity contribution < 1.29 is 9.72 Å². The highest BCUT2D eigenvalue weighted by atomic mass is 32.1. The third-order valence-electron chi connectivity index (χ3n) is 4.66. The maximum absolute atomic E-state index is 12.6. The van der Waals surface area contributed by atoms with E-state index in [0.717, 1.165) is 18.5 Å². The molecular formula is C18H20N2O3S. The number of benzene rings is 1. The van der Waals surface area contributed by atoms with Gasteiger partial charge in [0.2, 0.25) is 5.91 Å². The number of rotatable bonds is 5. The Morgan fingerprint density at radius 2 is 2.25 bits per heavy atom. The van der Waals surface area contributed by atoms with Crippen molar-refractivity contribution in [1.29, 1.82) is 0 Å². The Bertz CT molecular complexity index is 730. The lowest BCUT2D eigenvalue weighted by atomic mass is 10.00. The Morgan fingerprint density at radius 1 is 1.42 bits per heavy atom. The third kappa shape index (κ3) is 3.64. The molecule has 0 radical (unpaired) electrons. The Kier molecular flexibility index (Phi) is 4.94. The molecule has 24 heavy (non-hydrogen) atoms. The van der Waals surface area contributed by atoms with Crippen LogP contribution in [0.4, 0.5) is 5.69 Å². The van der Waals surface area contributed by atoms with Crippen molar-refractivity contribution in [2.75, 3.05) is 6.54 Å². The summed E-state index contributed by atoms with van der Waals surface area (Å²) in [5.41, 5.74) is 2.23. The number of nitro groups is 1. The molecule has 3 rings (SSSR count). The second-order valence-electron chi connectivity index (χ2n) is 6.31. The number of aryl methyl sites for hydroxylation is 1. The Morgan fingerprint density at radius 3 is 2.96 bits per heavy atom. The van der Waals surface area contributed by atoms with Crippen molar-refractivity contribution in [3.63, 3.8) is 0 Å². The van der Waals surface area contributed by atoms with Gasteiger partial charge in [-0.1, -0.05) is 12.1 Å². The summed E-state index contributed by atoms with van der Waals surface area (Å²) in [6.45, 7) is 2.86. The first kappa shape index (κ1) is 16.6. The van der Waals surface area contributed by atoms with Gasteiger partial charge < -0.3 is 4.90 Å². The first-order valence-corrected chi connectivity index (χ1v) is 9.04. The molecule has 126 valence electrons. The fourth-order valence-electron chi connectivity index (χ4n) is 3.35. The number of nitrogens with zero attached hydrogens (tertiary/aromatic N) is 2. The van der Waals surface area contributed by atoms with Gasteiger partial charge >= 0.3 is 0 Å².